The molecule has 4 aromatic rings. The van der Waals surface area contributed by atoms with Gasteiger partial charge in [0.1, 0.15) is 30.0 Å². The molecule has 1 aliphatic carbocycles. The Morgan fingerprint density at radius 1 is 1.06 bits per heavy atom. The van der Waals surface area contributed by atoms with E-state index in [1.165, 1.54) is 18.2 Å². The zero-order chi connectivity index (χ0) is 34.5. The van der Waals surface area contributed by atoms with E-state index in [4.69, 9.17) is 24.2 Å². The number of rotatable bonds is 8. The van der Waals surface area contributed by atoms with Crippen LogP contribution in [0.5, 0.6) is 5.75 Å². The van der Waals surface area contributed by atoms with Gasteiger partial charge in [-0.1, -0.05) is 26.0 Å². The highest BCUT2D eigenvalue weighted by atomic mass is 16.5. The van der Waals surface area contributed by atoms with Gasteiger partial charge in [0.25, 0.3) is 0 Å². The Bertz CT molecular complexity index is 1930. The minimum absolute atomic E-state index is 0.0882. The van der Waals surface area contributed by atoms with E-state index in [9.17, 15) is 9.59 Å². The Kier molecular flexibility index (Phi) is 8.60. The van der Waals surface area contributed by atoms with E-state index in [2.05, 4.69) is 50.9 Å². The molecule has 0 unspecified atom stereocenters. The van der Waals surface area contributed by atoms with Gasteiger partial charge in [-0.2, -0.15) is 0 Å². The average Bonchev–Trinajstić information content (AvgIpc) is 3.95. The molecular formula is C38H45N7O5. The van der Waals surface area contributed by atoms with Crippen LogP contribution in [0.1, 0.15) is 73.7 Å². The lowest BCUT2D eigenvalue weighted by Gasteiger charge is -2.30. The summed E-state index contributed by atoms with van der Waals surface area (Å²) < 4.78 is 16.6. The Balaban J connectivity index is 1.03. The third-order valence-corrected chi connectivity index (χ3v) is 10.8. The number of aromatic amines is 2. The molecule has 50 heavy (non-hydrogen) atoms. The van der Waals surface area contributed by atoms with Crippen LogP contribution in [-0.2, 0) is 33.7 Å². The van der Waals surface area contributed by atoms with Crippen LogP contribution in [0.3, 0.4) is 0 Å². The number of carbonyl (C=O) groups is 2. The molecule has 12 nitrogen and oxygen atoms in total. The highest BCUT2D eigenvalue weighted by Gasteiger charge is 2.38. The number of methoxy groups -OCH3 is 2. The number of nitrogens with zero attached hydrogens (tertiary/aromatic N) is 3. The standard InChI is InChI=1S/C38H45N7O5/c1-20(2)33(44-38(47)49-4)37(46)45-11-5-6-31(45)36-41-28-10-8-22-14-27-25-9-7-23(13-24(25)19-50-32(27)15-26(22)34(28)43-36)30-17-40-35(42-30)29-12-21(16-39-29)18-48-3/h7,9,13-15,17,20-21,29,31,33,39H,5-6,8,10-12,16,18-19H2,1-4H3,(H,40,42)(H,41,43)(H,44,47)/t21-,29-,31-,33-/m0/s1. The number of H-pyrrole nitrogens is 2. The molecule has 2 fully saturated rings. The van der Waals surface area contributed by atoms with Crippen molar-refractivity contribution < 1.29 is 23.8 Å². The predicted octanol–water partition coefficient (Wildman–Crippen LogP) is 5.47. The maximum Gasteiger partial charge on any atom is 0.407 e. The van der Waals surface area contributed by atoms with Gasteiger partial charge in [-0.05, 0) is 84.4 Å². The molecule has 2 aromatic carbocycles. The predicted molar refractivity (Wildman–Crippen MR) is 187 cm³/mol. The van der Waals surface area contributed by atoms with Crippen molar-refractivity contribution >= 4 is 12.0 Å². The fraction of sp³-hybridized carbons (Fsp3) is 0.474. The number of amides is 2. The first kappa shape index (κ1) is 32.5. The van der Waals surface area contributed by atoms with E-state index in [1.54, 1.807) is 7.11 Å². The number of likely N-dealkylation sites (tertiary alicyclic amines) is 1. The maximum atomic E-state index is 13.7. The molecule has 262 valence electrons. The van der Waals surface area contributed by atoms with Gasteiger partial charge in [-0.3, -0.25) is 4.79 Å². The van der Waals surface area contributed by atoms with Crippen molar-refractivity contribution in [2.75, 3.05) is 33.9 Å². The summed E-state index contributed by atoms with van der Waals surface area (Å²) in [6.07, 6.45) is 5.70. The number of aryl methyl sites for hydroxylation is 2. The number of nitrogens with one attached hydrogen (secondary N) is 4. The molecule has 12 heteroatoms. The number of benzene rings is 2. The minimum Gasteiger partial charge on any atom is -0.488 e. The second kappa shape index (κ2) is 13.2. The molecule has 8 rings (SSSR count). The summed E-state index contributed by atoms with van der Waals surface area (Å²) in [4.78, 5) is 44.5. The molecule has 5 heterocycles. The number of aromatic nitrogens is 4. The van der Waals surface area contributed by atoms with Crippen LogP contribution in [-0.4, -0.2) is 76.8 Å². The highest BCUT2D eigenvalue weighted by Crippen LogP contribution is 2.45. The monoisotopic (exact) mass is 679 g/mol. The lowest BCUT2D eigenvalue weighted by molar-refractivity contribution is -0.135. The Hall–Kier alpha value is -4.68. The zero-order valence-electron chi connectivity index (χ0n) is 29.1. The Morgan fingerprint density at radius 3 is 2.76 bits per heavy atom. The number of imidazole rings is 2. The highest BCUT2D eigenvalue weighted by molar-refractivity contribution is 5.87. The van der Waals surface area contributed by atoms with Crippen LogP contribution in [0, 0.1) is 11.8 Å². The van der Waals surface area contributed by atoms with Crippen molar-refractivity contribution in [1.29, 1.82) is 0 Å². The van der Waals surface area contributed by atoms with E-state index in [-0.39, 0.29) is 23.9 Å². The van der Waals surface area contributed by atoms with E-state index in [0.29, 0.717) is 19.1 Å². The zero-order valence-corrected chi connectivity index (χ0v) is 29.1. The van der Waals surface area contributed by atoms with Gasteiger partial charge >= 0.3 is 6.09 Å². The molecule has 3 aliphatic heterocycles. The second-order valence-corrected chi connectivity index (χ2v) is 14.4. The van der Waals surface area contributed by atoms with Crippen LogP contribution in [0.25, 0.3) is 33.6 Å². The third-order valence-electron chi connectivity index (χ3n) is 10.8. The number of carbonyl (C=O) groups excluding carboxylic acids is 2. The van der Waals surface area contributed by atoms with Gasteiger partial charge in [0, 0.05) is 31.3 Å². The number of ether oxygens (including phenoxy) is 3. The molecule has 2 saturated heterocycles. The van der Waals surface area contributed by atoms with Gasteiger partial charge in [0.2, 0.25) is 5.91 Å². The lowest BCUT2D eigenvalue weighted by Crippen LogP contribution is -2.51. The van der Waals surface area contributed by atoms with Gasteiger partial charge < -0.3 is 39.7 Å². The van der Waals surface area contributed by atoms with E-state index in [1.807, 2.05) is 24.9 Å². The molecule has 0 bridgehead atoms. The van der Waals surface area contributed by atoms with Gasteiger partial charge in [0.05, 0.1) is 49.1 Å². The first-order chi connectivity index (χ1) is 24.3. The number of fused-ring (bicyclic) bond motifs is 6. The van der Waals surface area contributed by atoms with E-state index >= 15 is 0 Å². The molecule has 2 amide bonds. The Labute approximate surface area is 291 Å². The van der Waals surface area contributed by atoms with Crippen molar-refractivity contribution in [1.82, 2.24) is 35.5 Å². The van der Waals surface area contributed by atoms with Crippen molar-refractivity contribution in [3.05, 3.63) is 65.0 Å². The smallest absolute Gasteiger partial charge is 0.407 e. The SMILES string of the molecule is COC[C@@H]1CN[C@H](c2ncc(-c3ccc4c(c3)COc3cc5c(cc3-4)CCc3nc([C@@H]4CCCN4C(=O)[C@@H](NC(=O)OC)C(C)C)[nH]c3-5)[nH]2)C1. The quantitative estimate of drug-likeness (QED) is 0.192. The third kappa shape index (κ3) is 5.83. The largest absolute Gasteiger partial charge is 0.488 e. The van der Waals surface area contributed by atoms with Crippen molar-refractivity contribution in [2.24, 2.45) is 11.8 Å². The number of hydrogen-bond acceptors (Lipinski definition) is 8. The van der Waals surface area contributed by atoms with Gasteiger partial charge in [0.15, 0.2) is 0 Å². The Morgan fingerprint density at radius 2 is 1.94 bits per heavy atom. The summed E-state index contributed by atoms with van der Waals surface area (Å²) in [5, 5.41) is 6.30. The molecule has 0 radical (unpaired) electrons. The summed E-state index contributed by atoms with van der Waals surface area (Å²) >= 11 is 0. The topological polar surface area (TPSA) is 146 Å². The van der Waals surface area contributed by atoms with Crippen molar-refractivity contribution in [2.45, 2.75) is 70.7 Å². The van der Waals surface area contributed by atoms with Crippen LogP contribution in [0.15, 0.2) is 36.5 Å². The lowest BCUT2D eigenvalue weighted by atomic mass is 9.86. The molecular weight excluding hydrogens is 634 g/mol. The average molecular weight is 680 g/mol. The molecule has 0 saturated carbocycles. The summed E-state index contributed by atoms with van der Waals surface area (Å²) in [6.45, 7) is 6.65. The van der Waals surface area contributed by atoms with Crippen LogP contribution in [0.4, 0.5) is 4.79 Å². The van der Waals surface area contributed by atoms with Crippen LogP contribution in [0.2, 0.25) is 0 Å². The minimum atomic E-state index is -0.670. The fourth-order valence-electron chi connectivity index (χ4n) is 8.17. The molecule has 0 spiro atoms. The van der Waals surface area contributed by atoms with Crippen LogP contribution >= 0.6 is 0 Å². The maximum absolute atomic E-state index is 13.7. The first-order valence-corrected chi connectivity index (χ1v) is 17.8. The number of hydrogen-bond donors (Lipinski definition) is 4. The van der Waals surface area contributed by atoms with E-state index in [0.717, 1.165) is 102 Å². The molecule has 2 aromatic heterocycles. The van der Waals surface area contributed by atoms with Crippen molar-refractivity contribution in [3.63, 3.8) is 0 Å². The van der Waals surface area contributed by atoms with Gasteiger partial charge in [-0.15, -0.1) is 0 Å². The fourth-order valence-corrected chi connectivity index (χ4v) is 8.17. The van der Waals surface area contributed by atoms with Gasteiger partial charge in [-0.25, -0.2) is 14.8 Å². The summed E-state index contributed by atoms with van der Waals surface area (Å²) in [5.74, 6) is 2.93. The normalized spacial score (nSPS) is 21.2. The summed E-state index contributed by atoms with van der Waals surface area (Å²) in [7, 11) is 3.06. The van der Waals surface area contributed by atoms with E-state index < -0.39 is 12.1 Å². The number of alkyl carbamates (subject to hydrolysis) is 1. The molecule has 4 atom stereocenters. The molecule has 4 aliphatic rings. The van der Waals surface area contributed by atoms with Crippen LogP contribution < -0.4 is 15.4 Å². The summed E-state index contributed by atoms with van der Waals surface area (Å²) in [5.41, 5.74) is 9.91. The van der Waals surface area contributed by atoms with Crippen molar-refractivity contribution in [3.8, 4) is 39.4 Å². The summed E-state index contributed by atoms with van der Waals surface area (Å²) in [6, 6.07) is 10.4. The first-order valence-electron chi connectivity index (χ1n) is 17.8. The molecule has 4 N–H and O–H groups in total. The second-order valence-electron chi connectivity index (χ2n) is 14.4.